The maximum atomic E-state index is 11.8. The standard InChI is InChI=1S/C13H19N3O3S/c1-13(2)4-3-8(5-13)15-12(19)14-6-10-16-9(7-20-10)11(17)18/h7-8H,3-6H2,1-2H3,(H,17,18)(H2,14,15,19). The molecule has 1 atom stereocenters. The molecule has 1 saturated carbocycles. The number of nitrogens with one attached hydrogen (secondary N) is 2. The van der Waals surface area contributed by atoms with Crippen LogP contribution in [0.15, 0.2) is 5.38 Å². The van der Waals surface area contributed by atoms with E-state index in [-0.39, 0.29) is 24.3 Å². The first kappa shape index (κ1) is 14.8. The van der Waals surface area contributed by atoms with Crippen molar-refractivity contribution < 1.29 is 14.7 Å². The van der Waals surface area contributed by atoms with Gasteiger partial charge in [-0.25, -0.2) is 14.6 Å². The summed E-state index contributed by atoms with van der Waals surface area (Å²) in [5, 5.41) is 16.5. The van der Waals surface area contributed by atoms with Crippen LogP contribution in [-0.4, -0.2) is 28.1 Å². The molecule has 2 amide bonds. The van der Waals surface area contributed by atoms with Crippen LogP contribution in [0.1, 0.15) is 48.6 Å². The summed E-state index contributed by atoms with van der Waals surface area (Å²) in [7, 11) is 0. The minimum absolute atomic E-state index is 0.0183. The molecule has 1 aliphatic rings. The lowest BCUT2D eigenvalue weighted by molar-refractivity contribution is 0.0691. The topological polar surface area (TPSA) is 91.3 Å². The Morgan fingerprint density at radius 2 is 2.30 bits per heavy atom. The molecular weight excluding hydrogens is 278 g/mol. The molecule has 2 rings (SSSR count). The molecule has 0 aromatic carbocycles. The Hall–Kier alpha value is -1.63. The largest absolute Gasteiger partial charge is 0.476 e. The van der Waals surface area contributed by atoms with Crippen LogP contribution in [0.2, 0.25) is 0 Å². The molecule has 6 nitrogen and oxygen atoms in total. The molecule has 0 aliphatic heterocycles. The molecule has 20 heavy (non-hydrogen) atoms. The lowest BCUT2D eigenvalue weighted by Gasteiger charge is -2.17. The van der Waals surface area contributed by atoms with E-state index in [0.717, 1.165) is 19.3 Å². The summed E-state index contributed by atoms with van der Waals surface area (Å²) in [5.74, 6) is -1.05. The third-order valence-electron chi connectivity index (χ3n) is 3.47. The van der Waals surface area contributed by atoms with Gasteiger partial charge in [-0.05, 0) is 24.7 Å². The van der Waals surface area contributed by atoms with Crippen LogP contribution in [0.25, 0.3) is 0 Å². The van der Waals surface area contributed by atoms with Gasteiger partial charge < -0.3 is 15.7 Å². The second-order valence-electron chi connectivity index (χ2n) is 5.86. The maximum absolute atomic E-state index is 11.8. The molecule has 0 bridgehead atoms. The van der Waals surface area contributed by atoms with Crippen molar-refractivity contribution in [2.24, 2.45) is 5.41 Å². The Kier molecular flexibility index (Phi) is 4.27. The third-order valence-corrected chi connectivity index (χ3v) is 4.32. The van der Waals surface area contributed by atoms with Gasteiger partial charge in [-0.15, -0.1) is 11.3 Å². The number of hydrogen-bond donors (Lipinski definition) is 3. The fraction of sp³-hybridized carbons (Fsp3) is 0.615. The number of aromatic carboxylic acids is 1. The summed E-state index contributed by atoms with van der Waals surface area (Å²) in [5.41, 5.74) is 0.314. The van der Waals surface area contributed by atoms with E-state index in [0.29, 0.717) is 10.4 Å². The fourth-order valence-electron chi connectivity index (χ4n) is 2.44. The Morgan fingerprint density at radius 1 is 1.55 bits per heavy atom. The van der Waals surface area contributed by atoms with Gasteiger partial charge in [-0.2, -0.15) is 0 Å². The van der Waals surface area contributed by atoms with Crippen molar-refractivity contribution in [2.45, 2.75) is 45.7 Å². The zero-order chi connectivity index (χ0) is 14.8. The van der Waals surface area contributed by atoms with Crippen molar-refractivity contribution in [2.75, 3.05) is 0 Å². The molecule has 0 spiro atoms. The molecule has 1 aromatic rings. The number of urea groups is 1. The van der Waals surface area contributed by atoms with E-state index >= 15 is 0 Å². The molecule has 0 radical (unpaired) electrons. The van der Waals surface area contributed by atoms with Crippen LogP contribution in [0.4, 0.5) is 4.79 Å². The van der Waals surface area contributed by atoms with Crippen molar-refractivity contribution in [3.05, 3.63) is 16.1 Å². The van der Waals surface area contributed by atoms with E-state index in [9.17, 15) is 9.59 Å². The summed E-state index contributed by atoms with van der Waals surface area (Å²) in [4.78, 5) is 26.4. The Balaban J connectivity index is 1.76. The van der Waals surface area contributed by atoms with Gasteiger partial charge in [0.1, 0.15) is 5.01 Å². The quantitative estimate of drug-likeness (QED) is 0.794. The summed E-state index contributed by atoms with van der Waals surface area (Å²) in [6.07, 6.45) is 3.11. The van der Waals surface area contributed by atoms with Gasteiger partial charge in [-0.3, -0.25) is 0 Å². The monoisotopic (exact) mass is 297 g/mol. The Bertz CT molecular complexity index is 513. The summed E-state index contributed by atoms with van der Waals surface area (Å²) in [6, 6.07) is -0.00403. The summed E-state index contributed by atoms with van der Waals surface area (Å²) in [6.45, 7) is 4.66. The van der Waals surface area contributed by atoms with Crippen molar-refractivity contribution >= 4 is 23.3 Å². The van der Waals surface area contributed by atoms with Crippen LogP contribution in [0.3, 0.4) is 0 Å². The van der Waals surface area contributed by atoms with E-state index in [1.807, 2.05) is 0 Å². The zero-order valence-electron chi connectivity index (χ0n) is 11.6. The molecule has 7 heteroatoms. The maximum Gasteiger partial charge on any atom is 0.355 e. The predicted molar refractivity (Wildman–Crippen MR) is 75.9 cm³/mol. The van der Waals surface area contributed by atoms with Crippen molar-refractivity contribution in [1.29, 1.82) is 0 Å². The fourth-order valence-corrected chi connectivity index (χ4v) is 3.15. The van der Waals surface area contributed by atoms with Gasteiger partial charge >= 0.3 is 12.0 Å². The van der Waals surface area contributed by atoms with Crippen LogP contribution >= 0.6 is 11.3 Å². The number of carboxylic acid groups (broad SMARTS) is 1. The van der Waals surface area contributed by atoms with E-state index in [2.05, 4.69) is 29.5 Å². The number of amides is 2. The van der Waals surface area contributed by atoms with Crippen molar-refractivity contribution in [3.8, 4) is 0 Å². The van der Waals surface area contributed by atoms with E-state index in [1.165, 1.54) is 16.7 Å². The number of thiazole rings is 1. The number of carbonyl (C=O) groups is 2. The second-order valence-corrected chi connectivity index (χ2v) is 6.81. The number of rotatable bonds is 4. The average molecular weight is 297 g/mol. The minimum atomic E-state index is -1.05. The van der Waals surface area contributed by atoms with Gasteiger partial charge in [0.05, 0.1) is 6.54 Å². The van der Waals surface area contributed by atoms with Crippen molar-refractivity contribution in [3.63, 3.8) is 0 Å². The number of hydrogen-bond acceptors (Lipinski definition) is 4. The first-order valence-corrected chi connectivity index (χ1v) is 7.46. The molecule has 1 fully saturated rings. The van der Waals surface area contributed by atoms with Crippen LogP contribution in [0.5, 0.6) is 0 Å². The van der Waals surface area contributed by atoms with Gasteiger partial charge in [0.25, 0.3) is 0 Å². The lowest BCUT2D eigenvalue weighted by atomic mass is 9.92. The number of carboxylic acids is 1. The summed E-state index contributed by atoms with van der Waals surface area (Å²) < 4.78 is 0. The first-order valence-electron chi connectivity index (χ1n) is 6.58. The zero-order valence-corrected chi connectivity index (χ0v) is 12.4. The predicted octanol–water partition coefficient (Wildman–Crippen LogP) is 2.22. The molecular formula is C13H19N3O3S. The molecule has 0 saturated heterocycles. The lowest BCUT2D eigenvalue weighted by Crippen LogP contribution is -2.40. The second kappa shape index (κ2) is 5.78. The van der Waals surface area contributed by atoms with Crippen LogP contribution < -0.4 is 10.6 Å². The normalized spacial score (nSPS) is 20.6. The summed E-state index contributed by atoms with van der Waals surface area (Å²) >= 11 is 1.23. The highest BCUT2D eigenvalue weighted by molar-refractivity contribution is 7.09. The van der Waals surface area contributed by atoms with Gasteiger partial charge in [0, 0.05) is 11.4 Å². The molecule has 1 unspecified atom stereocenters. The van der Waals surface area contributed by atoms with Gasteiger partial charge in [0.15, 0.2) is 5.69 Å². The molecule has 3 N–H and O–H groups in total. The highest BCUT2D eigenvalue weighted by Crippen LogP contribution is 2.36. The highest BCUT2D eigenvalue weighted by atomic mass is 32.1. The minimum Gasteiger partial charge on any atom is -0.476 e. The van der Waals surface area contributed by atoms with Crippen LogP contribution in [0, 0.1) is 5.41 Å². The molecule has 1 aromatic heterocycles. The first-order chi connectivity index (χ1) is 9.35. The number of carbonyl (C=O) groups excluding carboxylic acids is 1. The van der Waals surface area contributed by atoms with Crippen molar-refractivity contribution in [1.82, 2.24) is 15.6 Å². The Labute approximate surface area is 121 Å². The van der Waals surface area contributed by atoms with Gasteiger partial charge in [-0.1, -0.05) is 13.8 Å². The average Bonchev–Trinajstić information content (AvgIpc) is 2.93. The highest BCUT2D eigenvalue weighted by Gasteiger charge is 2.31. The molecule has 1 aliphatic carbocycles. The number of aromatic nitrogens is 1. The molecule has 110 valence electrons. The van der Waals surface area contributed by atoms with E-state index in [4.69, 9.17) is 5.11 Å². The Morgan fingerprint density at radius 3 is 2.85 bits per heavy atom. The smallest absolute Gasteiger partial charge is 0.355 e. The van der Waals surface area contributed by atoms with E-state index < -0.39 is 5.97 Å². The SMILES string of the molecule is CC1(C)CCC(NC(=O)NCc2nc(C(=O)O)cs2)C1. The number of nitrogens with zero attached hydrogens (tertiary/aromatic N) is 1. The third kappa shape index (κ3) is 3.93. The van der Waals surface area contributed by atoms with E-state index in [1.54, 1.807) is 0 Å². The van der Waals surface area contributed by atoms with Gasteiger partial charge in [0.2, 0.25) is 0 Å². The molecule has 1 heterocycles. The van der Waals surface area contributed by atoms with Crippen LogP contribution in [-0.2, 0) is 6.54 Å².